The summed E-state index contributed by atoms with van der Waals surface area (Å²) in [5.41, 5.74) is 2.19. The summed E-state index contributed by atoms with van der Waals surface area (Å²) >= 11 is 5.88. The Morgan fingerprint density at radius 3 is 2.17 bits per heavy atom. The van der Waals surface area contributed by atoms with Gasteiger partial charge in [0.25, 0.3) is 0 Å². The number of aromatic nitrogens is 1. The summed E-state index contributed by atoms with van der Waals surface area (Å²) in [5.74, 6) is 1.64. The summed E-state index contributed by atoms with van der Waals surface area (Å²) in [5, 5.41) is 0. The molecule has 0 saturated carbocycles. The molecule has 18 heavy (non-hydrogen) atoms. The van der Waals surface area contributed by atoms with E-state index in [0.29, 0.717) is 5.88 Å². The molecule has 0 spiro atoms. The maximum absolute atomic E-state index is 5.88. The van der Waals surface area contributed by atoms with E-state index in [0.717, 1.165) is 30.2 Å². The van der Waals surface area contributed by atoms with E-state index in [2.05, 4.69) is 30.9 Å². The van der Waals surface area contributed by atoms with Gasteiger partial charge < -0.3 is 4.90 Å². The molecule has 0 radical (unpaired) electrons. The van der Waals surface area contributed by atoms with Gasteiger partial charge in [-0.1, -0.05) is 32.8 Å². The number of anilines is 1. The van der Waals surface area contributed by atoms with Crippen LogP contribution in [0.4, 0.5) is 5.82 Å². The third kappa shape index (κ3) is 4.49. The second-order valence-electron chi connectivity index (χ2n) is 4.74. The van der Waals surface area contributed by atoms with Crippen molar-refractivity contribution >= 4 is 17.4 Å². The fraction of sp³-hybridized carbons (Fsp3) is 0.667. The van der Waals surface area contributed by atoms with Crippen molar-refractivity contribution in [2.45, 2.75) is 52.3 Å². The molecule has 1 rings (SSSR count). The van der Waals surface area contributed by atoms with Crippen molar-refractivity contribution in [3.63, 3.8) is 0 Å². The quantitative estimate of drug-likeness (QED) is 0.644. The zero-order chi connectivity index (χ0) is 13.4. The lowest BCUT2D eigenvalue weighted by Gasteiger charge is -2.24. The van der Waals surface area contributed by atoms with Crippen molar-refractivity contribution in [2.75, 3.05) is 18.0 Å². The normalized spacial score (nSPS) is 10.7. The lowest BCUT2D eigenvalue weighted by Crippen LogP contribution is -2.26. The average molecular weight is 269 g/mol. The molecule has 0 aliphatic rings. The molecule has 102 valence electrons. The predicted molar refractivity (Wildman–Crippen MR) is 80.6 cm³/mol. The number of pyridine rings is 1. The van der Waals surface area contributed by atoms with Crippen molar-refractivity contribution in [3.05, 3.63) is 23.4 Å². The molecule has 0 fully saturated rings. The maximum Gasteiger partial charge on any atom is 0.128 e. The monoisotopic (exact) mass is 268 g/mol. The topological polar surface area (TPSA) is 16.1 Å². The number of hydrogen-bond acceptors (Lipinski definition) is 2. The van der Waals surface area contributed by atoms with Gasteiger partial charge in [-0.3, -0.25) is 0 Å². The Kier molecular flexibility index (Phi) is 7.11. The number of nitrogens with zero attached hydrogens (tertiary/aromatic N) is 2. The smallest absolute Gasteiger partial charge is 0.128 e. The van der Waals surface area contributed by atoms with Gasteiger partial charge in [0, 0.05) is 24.7 Å². The number of unbranched alkanes of at least 4 members (excludes halogenated alkanes) is 2. The first-order valence-electron chi connectivity index (χ1n) is 7.00. The highest BCUT2D eigenvalue weighted by molar-refractivity contribution is 6.17. The van der Waals surface area contributed by atoms with Crippen LogP contribution < -0.4 is 4.90 Å². The van der Waals surface area contributed by atoms with E-state index in [4.69, 9.17) is 16.6 Å². The van der Waals surface area contributed by atoms with E-state index < -0.39 is 0 Å². The number of aryl methyl sites for hydroxylation is 1. The Labute approximate surface area is 116 Å². The van der Waals surface area contributed by atoms with Crippen LogP contribution in [-0.4, -0.2) is 18.1 Å². The van der Waals surface area contributed by atoms with Gasteiger partial charge in [-0.2, -0.15) is 0 Å². The Bertz CT molecular complexity index is 344. The van der Waals surface area contributed by atoms with Crippen molar-refractivity contribution in [1.29, 1.82) is 0 Å². The number of halogens is 1. The summed E-state index contributed by atoms with van der Waals surface area (Å²) < 4.78 is 0. The molecule has 0 saturated heterocycles. The van der Waals surface area contributed by atoms with Gasteiger partial charge in [0.05, 0.1) is 0 Å². The molecular weight excluding hydrogens is 244 g/mol. The first-order valence-corrected chi connectivity index (χ1v) is 7.53. The van der Waals surface area contributed by atoms with Crippen molar-refractivity contribution in [3.8, 4) is 0 Å². The van der Waals surface area contributed by atoms with Gasteiger partial charge >= 0.3 is 0 Å². The Balaban J connectivity index is 2.79. The van der Waals surface area contributed by atoms with Gasteiger partial charge in [-0.05, 0) is 31.4 Å². The van der Waals surface area contributed by atoms with Gasteiger partial charge in [0.2, 0.25) is 0 Å². The third-order valence-corrected chi connectivity index (χ3v) is 3.50. The molecule has 1 heterocycles. The molecule has 0 amide bonds. The van der Waals surface area contributed by atoms with Crippen molar-refractivity contribution in [2.24, 2.45) is 0 Å². The first-order chi connectivity index (χ1) is 8.72. The van der Waals surface area contributed by atoms with Crippen LogP contribution in [0.5, 0.6) is 0 Å². The minimum atomic E-state index is 0.545. The van der Waals surface area contributed by atoms with Crippen LogP contribution in [0.15, 0.2) is 12.1 Å². The summed E-state index contributed by atoms with van der Waals surface area (Å²) in [6.45, 7) is 8.70. The lowest BCUT2D eigenvalue weighted by atomic mass is 10.2. The molecule has 1 aromatic rings. The van der Waals surface area contributed by atoms with E-state index in [1.165, 1.54) is 25.7 Å². The van der Waals surface area contributed by atoms with E-state index >= 15 is 0 Å². The standard InChI is InChI=1S/C15H25ClN2/c1-4-6-10-18(11-7-5-2)15-9-8-14(12-16)13(3)17-15/h8-9H,4-7,10-12H2,1-3H3. The van der Waals surface area contributed by atoms with Crippen LogP contribution in [0.3, 0.4) is 0 Å². The minimum Gasteiger partial charge on any atom is -0.357 e. The van der Waals surface area contributed by atoms with Crippen LogP contribution in [-0.2, 0) is 5.88 Å². The molecule has 0 bridgehead atoms. The van der Waals surface area contributed by atoms with Gasteiger partial charge in [-0.15, -0.1) is 11.6 Å². The lowest BCUT2D eigenvalue weighted by molar-refractivity contribution is 0.670. The largest absolute Gasteiger partial charge is 0.357 e. The highest BCUT2D eigenvalue weighted by Gasteiger charge is 2.08. The van der Waals surface area contributed by atoms with Gasteiger partial charge in [0.1, 0.15) is 5.82 Å². The Morgan fingerprint density at radius 2 is 1.72 bits per heavy atom. The van der Waals surface area contributed by atoms with Gasteiger partial charge in [-0.25, -0.2) is 4.98 Å². The van der Waals surface area contributed by atoms with E-state index in [1.54, 1.807) is 0 Å². The SMILES string of the molecule is CCCCN(CCCC)c1ccc(CCl)c(C)n1. The van der Waals surface area contributed by atoms with Crippen molar-refractivity contribution < 1.29 is 0 Å². The molecule has 0 atom stereocenters. The van der Waals surface area contributed by atoms with Crippen LogP contribution in [0.2, 0.25) is 0 Å². The fourth-order valence-corrected chi connectivity index (χ4v) is 2.22. The molecule has 0 aromatic carbocycles. The fourth-order valence-electron chi connectivity index (χ4n) is 1.93. The van der Waals surface area contributed by atoms with Crippen LogP contribution in [0, 0.1) is 6.92 Å². The first kappa shape index (κ1) is 15.3. The number of alkyl halides is 1. The van der Waals surface area contributed by atoms with Gasteiger partial charge in [0.15, 0.2) is 0 Å². The average Bonchev–Trinajstić information content (AvgIpc) is 2.39. The highest BCUT2D eigenvalue weighted by Crippen LogP contribution is 2.17. The Hall–Kier alpha value is -0.760. The zero-order valence-corrected chi connectivity index (χ0v) is 12.6. The van der Waals surface area contributed by atoms with E-state index in [9.17, 15) is 0 Å². The van der Waals surface area contributed by atoms with Crippen molar-refractivity contribution in [1.82, 2.24) is 4.98 Å². The molecule has 0 aliphatic carbocycles. The summed E-state index contributed by atoms with van der Waals surface area (Å²) in [6, 6.07) is 4.21. The molecule has 0 aliphatic heterocycles. The summed E-state index contributed by atoms with van der Waals surface area (Å²) in [4.78, 5) is 7.09. The predicted octanol–water partition coefficient (Wildman–Crippen LogP) is 4.54. The molecule has 3 heteroatoms. The number of hydrogen-bond donors (Lipinski definition) is 0. The maximum atomic E-state index is 5.88. The highest BCUT2D eigenvalue weighted by atomic mass is 35.5. The van der Waals surface area contributed by atoms with E-state index in [1.807, 2.05) is 6.92 Å². The van der Waals surface area contributed by atoms with Crippen LogP contribution in [0.25, 0.3) is 0 Å². The molecule has 0 unspecified atom stereocenters. The minimum absolute atomic E-state index is 0.545. The van der Waals surface area contributed by atoms with E-state index in [-0.39, 0.29) is 0 Å². The second kappa shape index (κ2) is 8.36. The molecule has 0 N–H and O–H groups in total. The zero-order valence-electron chi connectivity index (χ0n) is 11.9. The summed E-state index contributed by atoms with van der Waals surface area (Å²) in [6.07, 6.45) is 4.89. The van der Waals surface area contributed by atoms with Crippen LogP contribution >= 0.6 is 11.6 Å². The third-order valence-electron chi connectivity index (χ3n) is 3.21. The van der Waals surface area contributed by atoms with Crippen LogP contribution in [0.1, 0.15) is 50.8 Å². The molecule has 2 nitrogen and oxygen atoms in total. The number of rotatable bonds is 8. The second-order valence-corrected chi connectivity index (χ2v) is 5.01. The Morgan fingerprint density at radius 1 is 1.11 bits per heavy atom. The summed E-state index contributed by atoms with van der Waals surface area (Å²) in [7, 11) is 0. The molecular formula is C15H25ClN2. The molecule has 1 aromatic heterocycles.